The number of aromatic amines is 1. The molecule has 1 aromatic carbocycles. The summed E-state index contributed by atoms with van der Waals surface area (Å²) in [7, 11) is 0. The van der Waals surface area contributed by atoms with Crippen LogP contribution in [0.15, 0.2) is 42.6 Å². The van der Waals surface area contributed by atoms with E-state index in [0.29, 0.717) is 27.3 Å². The Balaban J connectivity index is 2.08. The molecule has 0 unspecified atom stereocenters. The van der Waals surface area contributed by atoms with Crippen LogP contribution in [0.2, 0.25) is 5.02 Å². The normalized spacial score (nSPS) is 10.8. The topological polar surface area (TPSA) is 104 Å². The number of anilines is 1. The number of nitrogens with one attached hydrogen (secondary N) is 1. The van der Waals surface area contributed by atoms with Crippen molar-refractivity contribution in [2.75, 3.05) is 5.73 Å². The van der Waals surface area contributed by atoms with Crippen molar-refractivity contribution in [3.63, 3.8) is 0 Å². The van der Waals surface area contributed by atoms with E-state index < -0.39 is 5.82 Å². The van der Waals surface area contributed by atoms with Gasteiger partial charge in [0.05, 0.1) is 16.3 Å². The molecule has 3 N–H and O–H groups in total. The van der Waals surface area contributed by atoms with Crippen LogP contribution in [0.5, 0.6) is 0 Å². The molecule has 8 heteroatoms. The van der Waals surface area contributed by atoms with Crippen molar-refractivity contribution < 1.29 is 4.39 Å². The molecular weight excluding hydrogens is 355 g/mol. The Morgan fingerprint density at radius 1 is 1.23 bits per heavy atom. The third-order valence-electron chi connectivity index (χ3n) is 3.95. The van der Waals surface area contributed by atoms with Gasteiger partial charge in [-0.15, -0.1) is 0 Å². The fourth-order valence-corrected chi connectivity index (χ4v) is 2.96. The summed E-state index contributed by atoms with van der Waals surface area (Å²) in [4.78, 5) is 8.20. The van der Waals surface area contributed by atoms with Crippen molar-refractivity contribution in [1.29, 1.82) is 5.26 Å². The molecule has 6 nitrogen and oxygen atoms in total. The van der Waals surface area contributed by atoms with Gasteiger partial charge in [0.25, 0.3) is 0 Å². The molecule has 0 bridgehead atoms. The van der Waals surface area contributed by atoms with Gasteiger partial charge in [-0.05, 0) is 11.6 Å². The van der Waals surface area contributed by atoms with Crippen molar-refractivity contribution in [2.24, 2.45) is 0 Å². The largest absolute Gasteiger partial charge is 0.381 e. The van der Waals surface area contributed by atoms with Gasteiger partial charge in [-0.2, -0.15) is 10.4 Å². The van der Waals surface area contributed by atoms with E-state index in [1.807, 2.05) is 6.07 Å². The van der Waals surface area contributed by atoms with Gasteiger partial charge in [0.15, 0.2) is 17.3 Å². The third kappa shape index (κ3) is 2.44. The van der Waals surface area contributed by atoms with Crippen LogP contribution >= 0.6 is 11.6 Å². The van der Waals surface area contributed by atoms with Crippen LogP contribution in [0.25, 0.3) is 33.5 Å². The molecule has 0 atom stereocenters. The second kappa shape index (κ2) is 6.10. The highest BCUT2D eigenvalue weighted by atomic mass is 35.5. The number of fused-ring (bicyclic) bond motifs is 1. The number of pyridine rings is 2. The van der Waals surface area contributed by atoms with Crippen molar-refractivity contribution in [3.05, 3.63) is 59.0 Å². The fraction of sp³-hybridized carbons (Fsp3) is 0. The van der Waals surface area contributed by atoms with E-state index in [-0.39, 0.29) is 22.6 Å². The number of nitriles is 1. The predicted molar refractivity (Wildman–Crippen MR) is 96.7 cm³/mol. The van der Waals surface area contributed by atoms with Crippen molar-refractivity contribution in [1.82, 2.24) is 20.2 Å². The van der Waals surface area contributed by atoms with Crippen LogP contribution in [0.3, 0.4) is 0 Å². The third-order valence-corrected chi connectivity index (χ3v) is 4.16. The zero-order chi connectivity index (χ0) is 18.3. The highest BCUT2D eigenvalue weighted by molar-refractivity contribution is 6.31. The van der Waals surface area contributed by atoms with Gasteiger partial charge in [0, 0.05) is 17.1 Å². The van der Waals surface area contributed by atoms with Crippen LogP contribution in [-0.2, 0) is 0 Å². The number of nitrogens with two attached hydrogens (primary N) is 1. The van der Waals surface area contributed by atoms with Crippen LogP contribution in [0, 0.1) is 17.1 Å². The fourth-order valence-electron chi connectivity index (χ4n) is 2.80. The van der Waals surface area contributed by atoms with Crippen molar-refractivity contribution >= 4 is 28.5 Å². The highest BCUT2D eigenvalue weighted by Gasteiger charge is 2.23. The van der Waals surface area contributed by atoms with Crippen LogP contribution in [0.1, 0.15) is 5.56 Å². The molecule has 3 aromatic heterocycles. The first kappa shape index (κ1) is 16.0. The van der Waals surface area contributed by atoms with E-state index in [0.717, 1.165) is 0 Å². The van der Waals surface area contributed by atoms with Crippen LogP contribution in [0.4, 0.5) is 10.2 Å². The van der Waals surface area contributed by atoms with E-state index in [1.165, 1.54) is 6.20 Å². The molecule has 0 aliphatic rings. The molecule has 0 aliphatic carbocycles. The molecular formula is C18H10ClFN6. The van der Waals surface area contributed by atoms with Gasteiger partial charge in [-0.25, -0.2) is 14.4 Å². The molecule has 0 aliphatic heterocycles. The summed E-state index contributed by atoms with van der Waals surface area (Å²) in [5.41, 5.74) is 7.45. The summed E-state index contributed by atoms with van der Waals surface area (Å²) >= 11 is 6.02. The number of nitrogens with zero attached hydrogens (tertiary/aromatic N) is 4. The Labute approximate surface area is 152 Å². The van der Waals surface area contributed by atoms with Crippen molar-refractivity contribution in [3.8, 4) is 28.6 Å². The van der Waals surface area contributed by atoms with Gasteiger partial charge in [-0.1, -0.05) is 41.9 Å². The second-order valence-corrected chi connectivity index (χ2v) is 5.95. The van der Waals surface area contributed by atoms with E-state index in [2.05, 4.69) is 20.2 Å². The maximum atomic E-state index is 14.7. The zero-order valence-electron chi connectivity index (χ0n) is 13.2. The van der Waals surface area contributed by atoms with Crippen LogP contribution < -0.4 is 5.73 Å². The quantitative estimate of drug-likeness (QED) is 0.560. The maximum absolute atomic E-state index is 14.7. The molecule has 0 fully saturated rings. The Morgan fingerprint density at radius 2 is 2.00 bits per heavy atom. The molecule has 126 valence electrons. The van der Waals surface area contributed by atoms with E-state index >= 15 is 0 Å². The number of aromatic nitrogens is 4. The number of nitrogen functional groups attached to an aromatic ring is 1. The zero-order valence-corrected chi connectivity index (χ0v) is 13.9. The molecule has 4 aromatic rings. The SMILES string of the molecule is N#Cc1c(-c2[nH]nc3ncc(Cl)cc23)nc(N)c(F)c1-c1ccccc1. The van der Waals surface area contributed by atoms with Gasteiger partial charge in [-0.3, -0.25) is 5.10 Å². The first-order chi connectivity index (χ1) is 12.6. The molecule has 26 heavy (non-hydrogen) atoms. The van der Waals surface area contributed by atoms with Gasteiger partial charge in [0.2, 0.25) is 0 Å². The Hall–Kier alpha value is -3.50. The minimum Gasteiger partial charge on any atom is -0.381 e. The number of halogens is 2. The number of H-pyrrole nitrogens is 1. The standard InChI is InChI=1S/C18H10ClFN6/c19-10-6-11-16(25-26-18(11)23-8-10)15-12(7-21)13(14(20)17(22)24-15)9-4-2-1-3-5-9/h1-6,8H,(H2,22,24)(H,23,25,26). The molecule has 0 spiro atoms. The summed E-state index contributed by atoms with van der Waals surface area (Å²) in [5, 5.41) is 17.6. The molecule has 4 rings (SSSR count). The number of hydrogen-bond donors (Lipinski definition) is 2. The summed E-state index contributed by atoms with van der Waals surface area (Å²) < 4.78 is 14.7. The Kier molecular flexibility index (Phi) is 3.75. The summed E-state index contributed by atoms with van der Waals surface area (Å²) in [6.07, 6.45) is 1.46. The molecule has 3 heterocycles. The lowest BCUT2D eigenvalue weighted by Crippen LogP contribution is -2.04. The lowest BCUT2D eigenvalue weighted by molar-refractivity contribution is 0.630. The number of benzene rings is 1. The minimum absolute atomic E-state index is 0.0495. The first-order valence-corrected chi connectivity index (χ1v) is 7.92. The lowest BCUT2D eigenvalue weighted by atomic mass is 9.97. The molecule has 0 saturated heterocycles. The average Bonchev–Trinajstić information content (AvgIpc) is 3.07. The monoisotopic (exact) mass is 364 g/mol. The van der Waals surface area contributed by atoms with E-state index in [9.17, 15) is 9.65 Å². The summed E-state index contributed by atoms with van der Waals surface area (Å²) in [6, 6.07) is 12.4. The first-order valence-electron chi connectivity index (χ1n) is 7.54. The Bertz CT molecular complexity index is 1180. The lowest BCUT2D eigenvalue weighted by Gasteiger charge is -2.11. The molecule has 0 saturated carbocycles. The highest BCUT2D eigenvalue weighted by Crippen LogP contribution is 2.36. The predicted octanol–water partition coefficient (Wildman–Crippen LogP) is 3.93. The minimum atomic E-state index is -0.739. The number of rotatable bonds is 2. The smallest absolute Gasteiger partial charge is 0.181 e. The van der Waals surface area contributed by atoms with Crippen molar-refractivity contribution in [2.45, 2.75) is 0 Å². The molecule has 0 radical (unpaired) electrons. The maximum Gasteiger partial charge on any atom is 0.181 e. The molecule has 0 amide bonds. The van der Waals surface area contributed by atoms with Gasteiger partial charge >= 0.3 is 0 Å². The van der Waals surface area contributed by atoms with E-state index in [1.54, 1.807) is 36.4 Å². The summed E-state index contributed by atoms with van der Waals surface area (Å²) in [5.74, 6) is -1.05. The van der Waals surface area contributed by atoms with E-state index in [4.69, 9.17) is 17.3 Å². The second-order valence-electron chi connectivity index (χ2n) is 5.51. The average molecular weight is 365 g/mol. The Morgan fingerprint density at radius 3 is 2.73 bits per heavy atom. The van der Waals surface area contributed by atoms with Crippen LogP contribution in [-0.4, -0.2) is 20.2 Å². The summed E-state index contributed by atoms with van der Waals surface area (Å²) in [6.45, 7) is 0. The number of hydrogen-bond acceptors (Lipinski definition) is 5. The van der Waals surface area contributed by atoms with Gasteiger partial charge < -0.3 is 5.73 Å². The van der Waals surface area contributed by atoms with Gasteiger partial charge in [0.1, 0.15) is 11.8 Å².